The Hall–Kier alpha value is -1.51. The normalized spacial score (nSPS) is 10.5. The van der Waals surface area contributed by atoms with E-state index in [4.69, 9.17) is 5.84 Å². The topological polar surface area (TPSA) is 90.0 Å². The fourth-order valence-corrected chi connectivity index (χ4v) is 2.77. The third-order valence-corrected chi connectivity index (χ3v) is 4.12. The van der Waals surface area contributed by atoms with Crippen LogP contribution in [0.4, 0.5) is 0 Å². The fraction of sp³-hybridized carbons (Fsp3) is 0.182. The number of thiophene rings is 1. The van der Waals surface area contributed by atoms with Crippen LogP contribution in [0.15, 0.2) is 26.9 Å². The van der Waals surface area contributed by atoms with Gasteiger partial charge in [-0.05, 0) is 39.9 Å². The van der Waals surface area contributed by atoms with E-state index in [2.05, 4.69) is 26.3 Å². The maximum Gasteiger partial charge on any atom is 0.275 e. The average Bonchev–Trinajstić information content (AvgIpc) is 2.86. The lowest BCUT2D eigenvalue weighted by Crippen LogP contribution is -2.31. The van der Waals surface area contributed by atoms with Crippen molar-refractivity contribution >= 4 is 33.2 Å². The van der Waals surface area contributed by atoms with Crippen molar-refractivity contribution in [2.45, 2.75) is 13.5 Å². The van der Waals surface area contributed by atoms with Gasteiger partial charge in [0.25, 0.3) is 11.5 Å². The Morgan fingerprint density at radius 2 is 2.37 bits per heavy atom. The first-order valence-electron chi connectivity index (χ1n) is 5.34. The second-order valence-electron chi connectivity index (χ2n) is 3.79. The summed E-state index contributed by atoms with van der Waals surface area (Å²) in [4.78, 5) is 28.2. The summed E-state index contributed by atoms with van der Waals surface area (Å²) in [5.41, 5.74) is 2.65. The van der Waals surface area contributed by atoms with Gasteiger partial charge in [-0.3, -0.25) is 19.6 Å². The maximum atomic E-state index is 12.0. The summed E-state index contributed by atoms with van der Waals surface area (Å²) in [6.45, 7) is 2.02. The van der Waals surface area contributed by atoms with E-state index in [1.165, 1.54) is 22.1 Å². The summed E-state index contributed by atoms with van der Waals surface area (Å²) < 4.78 is 1.89. The zero-order valence-electron chi connectivity index (χ0n) is 10.0. The van der Waals surface area contributed by atoms with Crippen LogP contribution >= 0.6 is 27.3 Å². The van der Waals surface area contributed by atoms with E-state index in [-0.39, 0.29) is 18.0 Å². The van der Waals surface area contributed by atoms with E-state index in [9.17, 15) is 9.59 Å². The molecule has 0 unspecified atom stereocenters. The molecule has 1 amide bonds. The van der Waals surface area contributed by atoms with Gasteiger partial charge in [0.2, 0.25) is 0 Å². The summed E-state index contributed by atoms with van der Waals surface area (Å²) in [7, 11) is 0. The van der Waals surface area contributed by atoms with Crippen molar-refractivity contribution in [2.24, 2.45) is 5.84 Å². The Morgan fingerprint density at radius 1 is 1.63 bits per heavy atom. The van der Waals surface area contributed by atoms with Gasteiger partial charge in [-0.1, -0.05) is 0 Å². The smallest absolute Gasteiger partial charge is 0.275 e. The molecule has 0 fully saturated rings. The van der Waals surface area contributed by atoms with E-state index in [1.54, 1.807) is 18.4 Å². The summed E-state index contributed by atoms with van der Waals surface area (Å²) >= 11 is 4.43. The third kappa shape index (κ3) is 2.75. The largest absolute Gasteiger partial charge is 0.291 e. The van der Waals surface area contributed by atoms with Crippen molar-refractivity contribution < 1.29 is 4.79 Å². The van der Waals surface area contributed by atoms with E-state index in [1.807, 2.05) is 0 Å². The van der Waals surface area contributed by atoms with Gasteiger partial charge in [-0.15, -0.1) is 11.3 Å². The monoisotopic (exact) mass is 342 g/mol. The highest BCUT2D eigenvalue weighted by molar-refractivity contribution is 9.10. The Labute approximate surface area is 121 Å². The Bertz CT molecular complexity index is 680. The number of carbonyl (C=O) groups excluding carboxylic acids is 1. The van der Waals surface area contributed by atoms with Crippen molar-refractivity contribution in [3.05, 3.63) is 48.7 Å². The first-order valence-corrected chi connectivity index (χ1v) is 7.01. The summed E-state index contributed by atoms with van der Waals surface area (Å²) in [5.74, 6) is 5.35. The number of rotatable bonds is 3. The van der Waals surface area contributed by atoms with Crippen LogP contribution in [0.2, 0.25) is 0 Å². The Balaban J connectivity index is 2.43. The number of carbonyl (C=O) groups is 1. The van der Waals surface area contributed by atoms with Crippen molar-refractivity contribution in [1.82, 2.24) is 15.0 Å². The van der Waals surface area contributed by atoms with E-state index in [0.717, 1.165) is 5.56 Å². The molecule has 2 rings (SSSR count). The predicted octanol–water partition coefficient (Wildman–Crippen LogP) is 1.03. The van der Waals surface area contributed by atoms with Crippen LogP contribution < -0.4 is 16.8 Å². The summed E-state index contributed by atoms with van der Waals surface area (Å²) in [6, 6.07) is 1.79. The van der Waals surface area contributed by atoms with Crippen LogP contribution in [0.5, 0.6) is 0 Å². The first kappa shape index (κ1) is 13.9. The molecule has 0 aliphatic heterocycles. The SMILES string of the molecule is Cc1ncc(Br)c(=O)n1Cc1ccsc1C(=O)NN. The molecule has 0 saturated carbocycles. The maximum absolute atomic E-state index is 12.0. The highest BCUT2D eigenvalue weighted by Crippen LogP contribution is 2.18. The molecule has 0 saturated heterocycles. The molecular weight excluding hydrogens is 332 g/mol. The van der Waals surface area contributed by atoms with Crippen molar-refractivity contribution in [2.75, 3.05) is 0 Å². The predicted molar refractivity (Wildman–Crippen MR) is 76.0 cm³/mol. The number of hydrogen-bond acceptors (Lipinski definition) is 5. The third-order valence-electron chi connectivity index (χ3n) is 2.62. The second kappa shape index (κ2) is 5.64. The minimum atomic E-state index is -0.362. The van der Waals surface area contributed by atoms with Crippen LogP contribution in [0.25, 0.3) is 0 Å². The molecule has 6 nitrogen and oxygen atoms in total. The molecule has 0 radical (unpaired) electrons. The van der Waals surface area contributed by atoms with E-state index >= 15 is 0 Å². The van der Waals surface area contributed by atoms with Gasteiger partial charge in [0, 0.05) is 6.20 Å². The number of nitrogens with zero attached hydrogens (tertiary/aromatic N) is 2. The number of hydrazine groups is 1. The van der Waals surface area contributed by atoms with Gasteiger partial charge in [0.05, 0.1) is 11.4 Å². The first-order chi connectivity index (χ1) is 9.04. The quantitative estimate of drug-likeness (QED) is 0.495. The van der Waals surface area contributed by atoms with E-state index in [0.29, 0.717) is 15.2 Å². The zero-order chi connectivity index (χ0) is 14.0. The molecule has 0 atom stereocenters. The van der Waals surface area contributed by atoms with Gasteiger partial charge in [0.15, 0.2) is 0 Å². The van der Waals surface area contributed by atoms with E-state index < -0.39 is 0 Å². The number of nitrogens with one attached hydrogen (secondary N) is 1. The summed E-state index contributed by atoms with van der Waals surface area (Å²) in [6.07, 6.45) is 1.47. The highest BCUT2D eigenvalue weighted by atomic mass is 79.9. The molecule has 0 aliphatic rings. The minimum absolute atomic E-state index is 0.183. The molecule has 19 heavy (non-hydrogen) atoms. The molecule has 8 heteroatoms. The van der Waals surface area contributed by atoms with Crippen molar-refractivity contribution in [3.8, 4) is 0 Å². The minimum Gasteiger partial charge on any atom is -0.291 e. The summed E-state index contributed by atoms with van der Waals surface area (Å²) in [5, 5.41) is 1.78. The number of halogens is 1. The molecule has 2 aromatic rings. The van der Waals surface area contributed by atoms with Gasteiger partial charge >= 0.3 is 0 Å². The highest BCUT2D eigenvalue weighted by Gasteiger charge is 2.14. The van der Waals surface area contributed by atoms with Crippen LogP contribution in [-0.2, 0) is 6.54 Å². The molecule has 0 aromatic carbocycles. The van der Waals surface area contributed by atoms with Gasteiger partial charge in [-0.2, -0.15) is 0 Å². The standard InChI is InChI=1S/C11H11BrN4O2S/c1-6-14-4-8(12)11(18)16(6)5-7-2-3-19-9(7)10(17)15-13/h2-4H,5,13H2,1H3,(H,15,17). The lowest BCUT2D eigenvalue weighted by molar-refractivity contribution is 0.0956. The van der Waals surface area contributed by atoms with Crippen molar-refractivity contribution in [3.63, 3.8) is 0 Å². The number of nitrogen functional groups attached to an aromatic ring is 1. The number of aryl methyl sites for hydroxylation is 1. The van der Waals surface area contributed by atoms with Gasteiger partial charge in [0.1, 0.15) is 10.3 Å². The van der Waals surface area contributed by atoms with Gasteiger partial charge in [-0.25, -0.2) is 10.8 Å². The lowest BCUT2D eigenvalue weighted by Gasteiger charge is -2.09. The van der Waals surface area contributed by atoms with Crippen LogP contribution in [0, 0.1) is 6.92 Å². The van der Waals surface area contributed by atoms with Crippen LogP contribution in [0.3, 0.4) is 0 Å². The number of nitrogens with two attached hydrogens (primary N) is 1. The zero-order valence-corrected chi connectivity index (χ0v) is 12.4. The number of aromatic nitrogens is 2. The Kier molecular flexibility index (Phi) is 4.13. The molecule has 0 spiro atoms. The molecular formula is C11H11BrN4O2S. The van der Waals surface area contributed by atoms with Crippen LogP contribution in [-0.4, -0.2) is 15.5 Å². The fourth-order valence-electron chi connectivity index (χ4n) is 1.63. The second-order valence-corrected chi connectivity index (χ2v) is 5.56. The molecule has 0 bridgehead atoms. The molecule has 2 aromatic heterocycles. The lowest BCUT2D eigenvalue weighted by atomic mass is 10.2. The number of hydrogen-bond donors (Lipinski definition) is 2. The molecule has 3 N–H and O–H groups in total. The molecule has 100 valence electrons. The van der Waals surface area contributed by atoms with Crippen LogP contribution in [0.1, 0.15) is 21.1 Å². The molecule has 0 aliphatic carbocycles. The number of amides is 1. The Morgan fingerprint density at radius 3 is 3.05 bits per heavy atom. The van der Waals surface area contributed by atoms with Crippen molar-refractivity contribution in [1.29, 1.82) is 0 Å². The van der Waals surface area contributed by atoms with Gasteiger partial charge < -0.3 is 0 Å². The molecule has 2 heterocycles. The average molecular weight is 343 g/mol.